The van der Waals surface area contributed by atoms with Gasteiger partial charge >= 0.3 is 0 Å². The van der Waals surface area contributed by atoms with E-state index in [0.29, 0.717) is 22.7 Å². The van der Waals surface area contributed by atoms with Crippen LogP contribution in [0.5, 0.6) is 0 Å². The van der Waals surface area contributed by atoms with Crippen molar-refractivity contribution >= 4 is 6.29 Å². The zero-order valence-electron chi connectivity index (χ0n) is 37.2. The van der Waals surface area contributed by atoms with Crippen LogP contribution in [0.1, 0.15) is 182 Å². The van der Waals surface area contributed by atoms with Gasteiger partial charge < -0.3 is 15.0 Å². The molecule has 1 rings (SSSR count). The second kappa shape index (κ2) is 29.7. The number of aliphatic hydroxyl groups excluding tert-OH is 2. The molecule has 1 aliphatic rings. The Morgan fingerprint density at radius 1 is 0.863 bits per heavy atom. The van der Waals surface area contributed by atoms with E-state index in [1.807, 2.05) is 40.7 Å². The van der Waals surface area contributed by atoms with E-state index in [-0.39, 0.29) is 16.6 Å². The third-order valence-electron chi connectivity index (χ3n) is 8.67. The van der Waals surface area contributed by atoms with Crippen molar-refractivity contribution in [3.05, 3.63) is 94.6 Å². The highest BCUT2D eigenvalue weighted by molar-refractivity contribution is 5.45. The lowest BCUT2D eigenvalue weighted by molar-refractivity contribution is -0.106. The van der Waals surface area contributed by atoms with E-state index < -0.39 is 0 Å². The zero-order valence-corrected chi connectivity index (χ0v) is 37.2. The molecule has 296 valence electrons. The fourth-order valence-electron chi connectivity index (χ4n) is 5.52. The Kier molecular flexibility index (Phi) is 32.0. The molecule has 0 heterocycles. The molecule has 0 aromatic heterocycles. The van der Waals surface area contributed by atoms with Crippen molar-refractivity contribution in [2.45, 2.75) is 182 Å². The number of allylic oxidation sites excluding steroid dienone is 10. The maximum absolute atomic E-state index is 11.4. The van der Waals surface area contributed by atoms with E-state index in [0.717, 1.165) is 35.8 Å². The van der Waals surface area contributed by atoms with Gasteiger partial charge in [-0.15, -0.1) is 0 Å². The number of aldehydes is 1. The molecule has 0 saturated heterocycles. The lowest BCUT2D eigenvalue weighted by atomic mass is 9.70. The van der Waals surface area contributed by atoms with Crippen molar-refractivity contribution in [1.29, 1.82) is 0 Å². The van der Waals surface area contributed by atoms with Crippen LogP contribution in [0.15, 0.2) is 94.6 Å². The van der Waals surface area contributed by atoms with Crippen LogP contribution in [0, 0.1) is 22.2 Å². The molecule has 1 fully saturated rings. The Morgan fingerprint density at radius 3 is 1.67 bits per heavy atom. The van der Waals surface area contributed by atoms with E-state index in [1.165, 1.54) is 63.0 Å². The molecular weight excluding hydrogens is 625 g/mol. The van der Waals surface area contributed by atoms with Crippen molar-refractivity contribution in [3.8, 4) is 0 Å². The predicted molar refractivity (Wildman–Crippen MR) is 233 cm³/mol. The summed E-state index contributed by atoms with van der Waals surface area (Å²) in [6.07, 6.45) is 24.2. The van der Waals surface area contributed by atoms with E-state index >= 15 is 0 Å². The molecule has 3 nitrogen and oxygen atoms in total. The average Bonchev–Trinajstić information content (AvgIpc) is 3.02. The molecule has 2 N–H and O–H groups in total. The summed E-state index contributed by atoms with van der Waals surface area (Å²) in [5, 5.41) is 20.6. The van der Waals surface area contributed by atoms with E-state index in [9.17, 15) is 5.11 Å². The first-order valence-corrected chi connectivity index (χ1v) is 19.8. The zero-order chi connectivity index (χ0) is 41.0. The molecule has 0 spiro atoms. The summed E-state index contributed by atoms with van der Waals surface area (Å²) in [6.45, 7) is 45.4. The molecule has 1 aliphatic carbocycles. The number of hydrogen-bond donors (Lipinski definition) is 2. The highest BCUT2D eigenvalue weighted by Crippen LogP contribution is 2.42. The first-order chi connectivity index (χ1) is 23.5. The highest BCUT2D eigenvalue weighted by Gasteiger charge is 2.29. The number of carbonyl (C=O) groups excluding carboxylic acids is 1. The predicted octanol–water partition coefficient (Wildman–Crippen LogP) is 16.3. The quantitative estimate of drug-likeness (QED) is 0.120. The molecule has 3 heteroatoms. The summed E-state index contributed by atoms with van der Waals surface area (Å²) in [5.74, 6) is 1.16. The van der Waals surface area contributed by atoms with Crippen molar-refractivity contribution in [3.63, 3.8) is 0 Å². The van der Waals surface area contributed by atoms with Gasteiger partial charge in [0.15, 0.2) is 0 Å². The van der Waals surface area contributed by atoms with Gasteiger partial charge in [0.1, 0.15) is 17.8 Å². The SMILES string of the molecule is C=C/C(C(=C)O)=C(/C)C=C(C)C.CC.CC/C=C(\C=C\C(C)(C)CCC)C(/O)=C(\C=C(/C)C1CCC(C)(C)CC1)C(C)(C)C.CC=O.CCCC. The molecular formula is C48H86O3. The van der Waals surface area contributed by atoms with Gasteiger partial charge in [-0.1, -0.05) is 170 Å². The molecule has 0 atom stereocenters. The van der Waals surface area contributed by atoms with E-state index in [2.05, 4.69) is 121 Å². The van der Waals surface area contributed by atoms with Crippen LogP contribution in [-0.2, 0) is 4.79 Å². The monoisotopic (exact) mass is 711 g/mol. The molecule has 1 saturated carbocycles. The van der Waals surface area contributed by atoms with Crippen LogP contribution in [-0.4, -0.2) is 16.5 Å². The average molecular weight is 711 g/mol. The standard InChI is InChI=1S/C29H50O.C11H16O.C4H10.C2H4O.C2H6/c1-11-13-24(16-20-28(7,8)17-12-2)26(30)25(27(4,5)6)21-22(3)23-14-18-29(9,10)19-15-23;1-6-11(10(5)12)9(4)7-8(2)3;1-3-4-2;1-2-3;1-2/h13,16,20-21,23,30H,11-12,14-15,17-19H2,1-10H3;6-7,12H,1,5H2,2-4H3;3-4H2,1-2H3;2H,1H3;1-2H3/b20-16+,22-21+,24-13+,26-25-;11-9+;;;. The van der Waals surface area contributed by atoms with Gasteiger partial charge in [0.25, 0.3) is 0 Å². The van der Waals surface area contributed by atoms with Gasteiger partial charge in [0, 0.05) is 11.1 Å². The van der Waals surface area contributed by atoms with Crippen molar-refractivity contribution in [2.24, 2.45) is 22.2 Å². The summed E-state index contributed by atoms with van der Waals surface area (Å²) in [5.41, 5.74) is 6.83. The molecule has 0 aromatic rings. The van der Waals surface area contributed by atoms with Gasteiger partial charge in [-0.05, 0) is 106 Å². The number of hydrogen-bond acceptors (Lipinski definition) is 3. The van der Waals surface area contributed by atoms with Gasteiger partial charge in [0.2, 0.25) is 0 Å². The first kappa shape index (κ1) is 55.0. The fraction of sp³-hybridized carbons (Fsp3) is 0.646. The van der Waals surface area contributed by atoms with E-state index in [4.69, 9.17) is 9.90 Å². The van der Waals surface area contributed by atoms with E-state index in [1.54, 1.807) is 6.08 Å². The van der Waals surface area contributed by atoms with Crippen molar-refractivity contribution in [2.75, 3.05) is 0 Å². The van der Waals surface area contributed by atoms with Gasteiger partial charge in [-0.25, -0.2) is 0 Å². The van der Waals surface area contributed by atoms with Gasteiger partial charge in [0.05, 0.1) is 0 Å². The molecule has 0 amide bonds. The minimum Gasteiger partial charge on any atom is -0.508 e. The van der Waals surface area contributed by atoms with Gasteiger partial charge in [-0.3, -0.25) is 0 Å². The molecule has 0 unspecified atom stereocenters. The minimum atomic E-state index is -0.112. The fourth-order valence-corrected chi connectivity index (χ4v) is 5.52. The minimum absolute atomic E-state index is 0.0694. The summed E-state index contributed by atoms with van der Waals surface area (Å²) >= 11 is 0. The third kappa shape index (κ3) is 27.5. The van der Waals surface area contributed by atoms with Crippen LogP contribution >= 0.6 is 0 Å². The van der Waals surface area contributed by atoms with Crippen LogP contribution in [0.2, 0.25) is 0 Å². The topological polar surface area (TPSA) is 57.5 Å². The Balaban J connectivity index is -0.000000432. The number of unbranched alkanes of at least 4 members (excludes halogenated alkanes) is 1. The molecule has 0 bridgehead atoms. The Hall–Kier alpha value is -2.81. The molecule has 0 radical (unpaired) electrons. The highest BCUT2D eigenvalue weighted by atomic mass is 16.3. The van der Waals surface area contributed by atoms with Crippen molar-refractivity contribution < 1.29 is 15.0 Å². The summed E-state index contributed by atoms with van der Waals surface area (Å²) in [4.78, 5) is 8.81. The van der Waals surface area contributed by atoms with Crippen LogP contribution in [0.25, 0.3) is 0 Å². The molecule has 51 heavy (non-hydrogen) atoms. The maximum atomic E-state index is 11.4. The number of carbonyl (C=O) groups is 1. The largest absolute Gasteiger partial charge is 0.508 e. The van der Waals surface area contributed by atoms with Gasteiger partial charge in [-0.2, -0.15) is 0 Å². The third-order valence-corrected chi connectivity index (χ3v) is 8.67. The van der Waals surface area contributed by atoms with Crippen LogP contribution in [0.4, 0.5) is 0 Å². The summed E-state index contributed by atoms with van der Waals surface area (Å²) in [6, 6.07) is 0. The van der Waals surface area contributed by atoms with Crippen LogP contribution < -0.4 is 0 Å². The number of aliphatic hydroxyl groups is 2. The second-order valence-electron chi connectivity index (χ2n) is 16.2. The number of rotatable bonds is 12. The first-order valence-electron chi connectivity index (χ1n) is 19.8. The molecule has 0 aromatic carbocycles. The summed E-state index contributed by atoms with van der Waals surface area (Å²) in [7, 11) is 0. The Bertz CT molecular complexity index is 1150. The maximum Gasteiger partial charge on any atom is 0.126 e. The molecule has 0 aliphatic heterocycles. The Morgan fingerprint density at radius 2 is 1.33 bits per heavy atom. The normalized spacial score (nSPS) is 15.8. The second-order valence-corrected chi connectivity index (χ2v) is 16.2. The summed E-state index contributed by atoms with van der Waals surface area (Å²) < 4.78 is 0. The van der Waals surface area contributed by atoms with Crippen molar-refractivity contribution in [1.82, 2.24) is 0 Å². The lowest BCUT2D eigenvalue weighted by Gasteiger charge is -2.35. The lowest BCUT2D eigenvalue weighted by Crippen LogP contribution is -2.22. The van der Waals surface area contributed by atoms with Crippen LogP contribution in [0.3, 0.4) is 0 Å². The Labute approximate surface area is 319 Å². The smallest absolute Gasteiger partial charge is 0.126 e.